The van der Waals surface area contributed by atoms with E-state index >= 15 is 0 Å². The Labute approximate surface area is 142 Å². The van der Waals surface area contributed by atoms with Gasteiger partial charge in [-0.2, -0.15) is 5.10 Å². The predicted molar refractivity (Wildman–Crippen MR) is 91.8 cm³/mol. The van der Waals surface area contributed by atoms with Crippen molar-refractivity contribution >= 4 is 5.91 Å². The molecule has 1 saturated carbocycles. The monoisotopic (exact) mass is 324 g/mol. The molecule has 1 aromatic carbocycles. The number of nitrogens with one attached hydrogen (secondary N) is 1. The van der Waals surface area contributed by atoms with Gasteiger partial charge >= 0.3 is 0 Å². The van der Waals surface area contributed by atoms with Crippen LogP contribution in [0.25, 0.3) is 0 Å². The summed E-state index contributed by atoms with van der Waals surface area (Å²) < 4.78 is 0. The number of piperidine rings is 1. The third kappa shape index (κ3) is 2.62. The zero-order chi connectivity index (χ0) is 16.7. The van der Waals surface area contributed by atoms with Crippen molar-refractivity contribution in [3.8, 4) is 0 Å². The lowest BCUT2D eigenvalue weighted by Gasteiger charge is -2.34. The largest absolute Gasteiger partial charge is 0.341 e. The molecule has 1 aliphatic carbocycles. The van der Waals surface area contributed by atoms with Crippen LogP contribution in [0.1, 0.15) is 54.4 Å². The van der Waals surface area contributed by atoms with Gasteiger partial charge in [0.2, 0.25) is 5.91 Å². The maximum absolute atomic E-state index is 13.3. The summed E-state index contributed by atoms with van der Waals surface area (Å²) in [5, 5.41) is 7.23. The number of carbonyl (C=O) groups excluding carboxylic acids is 1. The molecule has 1 aliphatic heterocycles. The summed E-state index contributed by atoms with van der Waals surface area (Å²) in [6.07, 6.45) is 4.01. The highest BCUT2D eigenvalue weighted by Gasteiger charge is 2.53. The number of H-pyrrole nitrogens is 1. The van der Waals surface area contributed by atoms with E-state index in [1.165, 1.54) is 11.1 Å². The Morgan fingerprint density at radius 2 is 2.17 bits per heavy atom. The van der Waals surface area contributed by atoms with E-state index in [9.17, 15) is 4.79 Å². The standard InChI is InChI=1S/C19H24N4O/c1-13-5-3-7-16(11-13)19(8-9-19)18(24)23-10-4-6-15(12-23)17-20-14(2)21-22-17/h3,5,7,11,15H,4,6,8-10,12H2,1-2H3,(H,20,21,22). The molecule has 1 saturated heterocycles. The van der Waals surface area contributed by atoms with Crippen molar-refractivity contribution < 1.29 is 4.79 Å². The molecular formula is C19H24N4O. The second-order valence-electron chi connectivity index (χ2n) is 7.32. The van der Waals surface area contributed by atoms with Crippen LogP contribution in [0.3, 0.4) is 0 Å². The highest BCUT2D eigenvalue weighted by Crippen LogP contribution is 2.50. The van der Waals surface area contributed by atoms with Crippen LogP contribution in [0.5, 0.6) is 0 Å². The van der Waals surface area contributed by atoms with Crippen LogP contribution >= 0.6 is 0 Å². The zero-order valence-electron chi connectivity index (χ0n) is 14.4. The fraction of sp³-hybridized carbons (Fsp3) is 0.526. The molecule has 2 aliphatic rings. The summed E-state index contributed by atoms with van der Waals surface area (Å²) in [5.74, 6) is 2.24. The third-order valence-electron chi connectivity index (χ3n) is 5.42. The van der Waals surface area contributed by atoms with Gasteiger partial charge in [-0.3, -0.25) is 9.89 Å². The number of hydrogen-bond donors (Lipinski definition) is 1. The first-order chi connectivity index (χ1) is 11.6. The maximum Gasteiger partial charge on any atom is 0.233 e. The lowest BCUT2D eigenvalue weighted by molar-refractivity contribution is -0.135. The van der Waals surface area contributed by atoms with Crippen molar-refractivity contribution in [2.24, 2.45) is 0 Å². The van der Waals surface area contributed by atoms with Gasteiger partial charge in [0.05, 0.1) is 5.41 Å². The average molecular weight is 324 g/mol. The molecule has 5 nitrogen and oxygen atoms in total. The van der Waals surface area contributed by atoms with E-state index in [0.717, 1.165) is 50.4 Å². The van der Waals surface area contributed by atoms with Gasteiger partial charge in [-0.1, -0.05) is 29.8 Å². The number of aromatic amines is 1. The minimum atomic E-state index is -0.275. The SMILES string of the molecule is Cc1cccc(C2(C(=O)N3CCCC(c4n[nH]c(C)n4)C3)CC2)c1. The first kappa shape index (κ1) is 15.4. The predicted octanol–water partition coefficient (Wildman–Crippen LogP) is 2.86. The van der Waals surface area contributed by atoms with Crippen LogP contribution in [-0.2, 0) is 10.2 Å². The normalized spacial score (nSPS) is 22.4. The Morgan fingerprint density at radius 3 is 2.83 bits per heavy atom. The average Bonchev–Trinajstić information content (AvgIpc) is 3.30. The molecule has 5 heteroatoms. The summed E-state index contributed by atoms with van der Waals surface area (Å²) in [6, 6.07) is 8.43. The zero-order valence-corrected chi connectivity index (χ0v) is 14.4. The van der Waals surface area contributed by atoms with Crippen LogP contribution in [0.2, 0.25) is 0 Å². The highest BCUT2D eigenvalue weighted by molar-refractivity contribution is 5.91. The van der Waals surface area contributed by atoms with Crippen molar-refractivity contribution in [2.45, 2.75) is 50.9 Å². The fourth-order valence-corrected chi connectivity index (χ4v) is 3.91. The van der Waals surface area contributed by atoms with Crippen LogP contribution in [0.15, 0.2) is 24.3 Å². The highest BCUT2D eigenvalue weighted by atomic mass is 16.2. The molecule has 126 valence electrons. The topological polar surface area (TPSA) is 61.9 Å². The third-order valence-corrected chi connectivity index (χ3v) is 5.42. The van der Waals surface area contributed by atoms with Crippen LogP contribution in [-0.4, -0.2) is 39.1 Å². The Balaban J connectivity index is 1.54. The van der Waals surface area contributed by atoms with Crippen molar-refractivity contribution in [1.29, 1.82) is 0 Å². The molecule has 0 spiro atoms. The van der Waals surface area contributed by atoms with Gasteiger partial charge < -0.3 is 4.90 Å². The molecule has 1 aromatic heterocycles. The fourth-order valence-electron chi connectivity index (χ4n) is 3.91. The van der Waals surface area contributed by atoms with Gasteiger partial charge in [0, 0.05) is 19.0 Å². The molecule has 2 fully saturated rings. The van der Waals surface area contributed by atoms with Crippen LogP contribution in [0, 0.1) is 13.8 Å². The second-order valence-corrected chi connectivity index (χ2v) is 7.32. The summed E-state index contributed by atoms with van der Waals surface area (Å²) in [4.78, 5) is 19.8. The molecule has 2 aromatic rings. The lowest BCUT2D eigenvalue weighted by atomic mass is 9.90. The molecule has 2 heterocycles. The molecule has 1 N–H and O–H groups in total. The van der Waals surface area contributed by atoms with Gasteiger partial charge in [-0.15, -0.1) is 0 Å². The van der Waals surface area contributed by atoms with E-state index in [0.29, 0.717) is 5.91 Å². The number of amides is 1. The van der Waals surface area contributed by atoms with E-state index in [-0.39, 0.29) is 11.3 Å². The molecule has 0 bridgehead atoms. The van der Waals surface area contributed by atoms with Crippen molar-refractivity contribution in [2.75, 3.05) is 13.1 Å². The van der Waals surface area contributed by atoms with E-state index in [2.05, 4.69) is 51.3 Å². The van der Waals surface area contributed by atoms with Gasteiger partial charge in [0.1, 0.15) is 5.82 Å². The number of nitrogens with zero attached hydrogens (tertiary/aromatic N) is 3. The first-order valence-corrected chi connectivity index (χ1v) is 8.84. The minimum Gasteiger partial charge on any atom is -0.341 e. The second kappa shape index (κ2) is 5.72. The molecular weight excluding hydrogens is 300 g/mol. The van der Waals surface area contributed by atoms with E-state index in [1.807, 2.05) is 6.92 Å². The van der Waals surface area contributed by atoms with Crippen LogP contribution in [0.4, 0.5) is 0 Å². The van der Waals surface area contributed by atoms with Gasteiger partial charge in [0.15, 0.2) is 5.82 Å². The van der Waals surface area contributed by atoms with E-state index < -0.39 is 0 Å². The van der Waals surface area contributed by atoms with Crippen molar-refractivity contribution in [1.82, 2.24) is 20.1 Å². The quantitative estimate of drug-likeness (QED) is 0.944. The first-order valence-electron chi connectivity index (χ1n) is 8.84. The number of aryl methyl sites for hydroxylation is 2. The molecule has 1 amide bonds. The Bertz CT molecular complexity index is 762. The lowest BCUT2D eigenvalue weighted by Crippen LogP contribution is -2.44. The Kier molecular flexibility index (Phi) is 3.66. The molecule has 24 heavy (non-hydrogen) atoms. The van der Waals surface area contributed by atoms with E-state index in [4.69, 9.17) is 0 Å². The van der Waals surface area contributed by atoms with Gasteiger partial charge in [-0.05, 0) is 45.1 Å². The van der Waals surface area contributed by atoms with Crippen molar-refractivity contribution in [3.05, 3.63) is 47.0 Å². The van der Waals surface area contributed by atoms with Crippen LogP contribution < -0.4 is 0 Å². The van der Waals surface area contributed by atoms with Gasteiger partial charge in [-0.25, -0.2) is 4.98 Å². The summed E-state index contributed by atoms with van der Waals surface area (Å²) >= 11 is 0. The number of rotatable bonds is 3. The minimum absolute atomic E-state index is 0.251. The number of hydrogen-bond acceptors (Lipinski definition) is 3. The van der Waals surface area contributed by atoms with E-state index in [1.54, 1.807) is 0 Å². The Hall–Kier alpha value is -2.17. The number of aromatic nitrogens is 3. The summed E-state index contributed by atoms with van der Waals surface area (Å²) in [5.41, 5.74) is 2.13. The molecule has 4 rings (SSSR count). The molecule has 1 unspecified atom stereocenters. The smallest absolute Gasteiger partial charge is 0.233 e. The molecule has 0 radical (unpaired) electrons. The van der Waals surface area contributed by atoms with Gasteiger partial charge in [0.25, 0.3) is 0 Å². The summed E-state index contributed by atoms with van der Waals surface area (Å²) in [6.45, 7) is 5.60. The molecule has 1 atom stereocenters. The number of carbonyl (C=O) groups is 1. The number of likely N-dealkylation sites (tertiary alicyclic amines) is 1. The van der Waals surface area contributed by atoms with Crippen molar-refractivity contribution in [3.63, 3.8) is 0 Å². The maximum atomic E-state index is 13.3. The number of benzene rings is 1. The summed E-state index contributed by atoms with van der Waals surface area (Å²) in [7, 11) is 0. The Morgan fingerprint density at radius 1 is 1.33 bits per heavy atom.